The number of hydrogen-bond donors (Lipinski definition) is 1. The molecule has 11 heteroatoms. The predicted octanol–water partition coefficient (Wildman–Crippen LogP) is 3.60. The SMILES string of the molecule is CCCNC(=O)C(C)N(Cc1cccc(Cl)c1)C(=O)CCCN(c1ccc2c(c1)OCCO2)S(C)(=O)=O. The number of anilines is 1. The highest BCUT2D eigenvalue weighted by atomic mass is 35.5. The van der Waals surface area contributed by atoms with E-state index in [-0.39, 0.29) is 37.7 Å². The molecule has 1 atom stereocenters. The molecule has 0 bridgehead atoms. The molecule has 9 nitrogen and oxygen atoms in total. The topological polar surface area (TPSA) is 105 Å². The molecule has 37 heavy (non-hydrogen) atoms. The molecule has 0 aromatic heterocycles. The molecular weight excluding hydrogens is 518 g/mol. The third-order valence-electron chi connectivity index (χ3n) is 5.92. The number of hydrogen-bond acceptors (Lipinski definition) is 6. The third kappa shape index (κ3) is 8.00. The molecule has 3 rings (SSSR count). The van der Waals surface area contributed by atoms with Crippen molar-refractivity contribution in [2.45, 2.75) is 45.7 Å². The van der Waals surface area contributed by atoms with E-state index in [4.69, 9.17) is 21.1 Å². The summed E-state index contributed by atoms with van der Waals surface area (Å²) in [6.07, 6.45) is 2.22. The number of ether oxygens (including phenoxy) is 2. The van der Waals surface area contributed by atoms with Gasteiger partial charge in [0.05, 0.1) is 11.9 Å². The van der Waals surface area contributed by atoms with E-state index in [2.05, 4.69) is 5.32 Å². The summed E-state index contributed by atoms with van der Waals surface area (Å²) in [5.41, 5.74) is 1.23. The van der Waals surface area contributed by atoms with E-state index in [9.17, 15) is 18.0 Å². The van der Waals surface area contributed by atoms with Crippen LogP contribution in [-0.4, -0.2) is 63.7 Å². The maximum Gasteiger partial charge on any atom is 0.242 e. The lowest BCUT2D eigenvalue weighted by molar-refractivity contribution is -0.140. The average Bonchev–Trinajstić information content (AvgIpc) is 2.86. The molecule has 0 saturated heterocycles. The Labute approximate surface area is 223 Å². The molecular formula is C26H34ClN3O6S. The molecule has 2 aromatic rings. The van der Waals surface area contributed by atoms with Crippen LogP contribution < -0.4 is 19.1 Å². The molecule has 0 fully saturated rings. The van der Waals surface area contributed by atoms with E-state index in [1.54, 1.807) is 43.3 Å². The smallest absolute Gasteiger partial charge is 0.242 e. The molecule has 0 aliphatic carbocycles. The number of nitrogens with zero attached hydrogens (tertiary/aromatic N) is 2. The van der Waals surface area contributed by atoms with Gasteiger partial charge in [0.2, 0.25) is 21.8 Å². The number of sulfonamides is 1. The van der Waals surface area contributed by atoms with Crippen LogP contribution in [0.3, 0.4) is 0 Å². The molecule has 1 N–H and O–H groups in total. The van der Waals surface area contributed by atoms with Crippen LogP contribution in [0, 0.1) is 0 Å². The Kier molecular flexibility index (Phi) is 10.0. The first-order chi connectivity index (χ1) is 17.6. The second kappa shape index (κ2) is 13.0. The van der Waals surface area contributed by atoms with Crippen molar-refractivity contribution in [3.05, 3.63) is 53.1 Å². The van der Waals surface area contributed by atoms with Crippen LogP contribution in [0.2, 0.25) is 5.02 Å². The summed E-state index contributed by atoms with van der Waals surface area (Å²) in [5.74, 6) is 0.541. The number of nitrogens with one attached hydrogen (secondary N) is 1. The van der Waals surface area contributed by atoms with Crippen molar-refractivity contribution in [1.82, 2.24) is 10.2 Å². The maximum absolute atomic E-state index is 13.3. The molecule has 1 heterocycles. The second-order valence-electron chi connectivity index (χ2n) is 8.89. The van der Waals surface area contributed by atoms with E-state index < -0.39 is 16.1 Å². The number of carbonyl (C=O) groups excluding carboxylic acids is 2. The molecule has 0 spiro atoms. The fourth-order valence-corrected chi connectivity index (χ4v) is 5.17. The minimum absolute atomic E-state index is 0.0581. The molecule has 1 aliphatic heterocycles. The standard InChI is InChI=1S/C26H34ClN3O6S/c1-4-12-28-26(32)19(2)29(18-20-7-5-8-21(27)16-20)25(31)9-6-13-30(37(3,33)34)22-10-11-23-24(17-22)36-15-14-35-23/h5,7-8,10-11,16-17,19H,4,6,9,12-15,18H2,1-3H3,(H,28,32). The van der Waals surface area contributed by atoms with Gasteiger partial charge < -0.3 is 19.7 Å². The monoisotopic (exact) mass is 551 g/mol. The van der Waals surface area contributed by atoms with Gasteiger partial charge in [-0.25, -0.2) is 8.42 Å². The Morgan fingerprint density at radius 1 is 1.11 bits per heavy atom. The quantitative estimate of drug-likeness (QED) is 0.432. The fraction of sp³-hybridized carbons (Fsp3) is 0.462. The van der Waals surface area contributed by atoms with Gasteiger partial charge in [-0.3, -0.25) is 13.9 Å². The lowest BCUT2D eigenvalue weighted by Crippen LogP contribution is -2.47. The van der Waals surface area contributed by atoms with Gasteiger partial charge in [0.25, 0.3) is 0 Å². The lowest BCUT2D eigenvalue weighted by Gasteiger charge is -2.29. The van der Waals surface area contributed by atoms with E-state index in [0.29, 0.717) is 42.0 Å². The molecule has 0 saturated carbocycles. The summed E-state index contributed by atoms with van der Waals surface area (Å²) in [6.45, 7) is 5.27. The van der Waals surface area contributed by atoms with Crippen molar-refractivity contribution in [3.63, 3.8) is 0 Å². The number of rotatable bonds is 12. The van der Waals surface area contributed by atoms with E-state index in [0.717, 1.165) is 18.2 Å². The van der Waals surface area contributed by atoms with Crippen molar-refractivity contribution in [2.24, 2.45) is 0 Å². The largest absolute Gasteiger partial charge is 0.486 e. The molecule has 0 radical (unpaired) electrons. The number of amides is 2. The lowest BCUT2D eigenvalue weighted by atomic mass is 10.1. The fourth-order valence-electron chi connectivity index (χ4n) is 4.00. The van der Waals surface area contributed by atoms with Crippen LogP contribution in [-0.2, 0) is 26.2 Å². The first kappa shape index (κ1) is 28.6. The minimum atomic E-state index is -3.62. The predicted molar refractivity (Wildman–Crippen MR) is 144 cm³/mol. The Bertz CT molecular complexity index is 1210. The number of carbonyl (C=O) groups is 2. The van der Waals surface area contributed by atoms with Crippen LogP contribution in [0.15, 0.2) is 42.5 Å². The maximum atomic E-state index is 13.3. The van der Waals surface area contributed by atoms with E-state index in [1.807, 2.05) is 13.0 Å². The highest BCUT2D eigenvalue weighted by Crippen LogP contribution is 2.34. The first-order valence-electron chi connectivity index (χ1n) is 12.3. The van der Waals surface area contributed by atoms with Crippen LogP contribution in [0.25, 0.3) is 0 Å². The van der Waals surface area contributed by atoms with Gasteiger partial charge in [0.15, 0.2) is 11.5 Å². The Hall–Kier alpha value is -2.98. The second-order valence-corrected chi connectivity index (χ2v) is 11.2. The van der Waals surface area contributed by atoms with Crippen molar-refractivity contribution in [2.75, 3.05) is 36.9 Å². The summed E-state index contributed by atoms with van der Waals surface area (Å²) in [7, 11) is -3.62. The van der Waals surface area contributed by atoms with Crippen LogP contribution in [0.1, 0.15) is 38.7 Å². The van der Waals surface area contributed by atoms with Crippen molar-refractivity contribution >= 4 is 39.1 Å². The summed E-state index contributed by atoms with van der Waals surface area (Å²) in [6, 6.07) is 11.4. The number of halogens is 1. The highest BCUT2D eigenvalue weighted by Gasteiger charge is 2.27. The van der Waals surface area contributed by atoms with Crippen molar-refractivity contribution < 1.29 is 27.5 Å². The van der Waals surface area contributed by atoms with E-state index in [1.165, 1.54) is 9.21 Å². The van der Waals surface area contributed by atoms with Gasteiger partial charge in [-0.2, -0.15) is 0 Å². The summed E-state index contributed by atoms with van der Waals surface area (Å²) in [5, 5.41) is 3.37. The number of fused-ring (bicyclic) bond motifs is 1. The van der Waals surface area contributed by atoms with Crippen LogP contribution in [0.5, 0.6) is 11.5 Å². The molecule has 2 aromatic carbocycles. The zero-order chi connectivity index (χ0) is 27.0. The van der Waals surface area contributed by atoms with Gasteiger partial charge in [-0.05, 0) is 49.6 Å². The van der Waals surface area contributed by atoms with Gasteiger partial charge in [0, 0.05) is 37.1 Å². The van der Waals surface area contributed by atoms with Gasteiger partial charge in [0.1, 0.15) is 19.3 Å². The van der Waals surface area contributed by atoms with Gasteiger partial charge >= 0.3 is 0 Å². The van der Waals surface area contributed by atoms with E-state index >= 15 is 0 Å². The minimum Gasteiger partial charge on any atom is -0.486 e. The van der Waals surface area contributed by atoms with Crippen molar-refractivity contribution in [1.29, 1.82) is 0 Å². The third-order valence-corrected chi connectivity index (χ3v) is 7.35. The Morgan fingerprint density at radius 3 is 2.51 bits per heavy atom. The Balaban J connectivity index is 1.73. The van der Waals surface area contributed by atoms with Gasteiger partial charge in [-0.15, -0.1) is 0 Å². The normalized spacial score (nSPS) is 13.5. The molecule has 1 aliphatic rings. The average molecular weight is 552 g/mol. The number of benzene rings is 2. The van der Waals surface area contributed by atoms with Gasteiger partial charge in [-0.1, -0.05) is 30.7 Å². The first-order valence-corrected chi connectivity index (χ1v) is 14.5. The van der Waals surface area contributed by atoms with Crippen LogP contribution in [0.4, 0.5) is 5.69 Å². The van der Waals surface area contributed by atoms with Crippen LogP contribution >= 0.6 is 11.6 Å². The molecule has 1 unspecified atom stereocenters. The summed E-state index contributed by atoms with van der Waals surface area (Å²) < 4.78 is 37.5. The molecule has 2 amide bonds. The zero-order valence-corrected chi connectivity index (χ0v) is 23.0. The summed E-state index contributed by atoms with van der Waals surface area (Å²) >= 11 is 6.12. The Morgan fingerprint density at radius 2 is 1.84 bits per heavy atom. The molecule has 202 valence electrons. The highest BCUT2D eigenvalue weighted by molar-refractivity contribution is 7.92. The summed E-state index contributed by atoms with van der Waals surface area (Å²) in [4.78, 5) is 27.5. The van der Waals surface area contributed by atoms with Crippen molar-refractivity contribution in [3.8, 4) is 11.5 Å². The zero-order valence-electron chi connectivity index (χ0n) is 21.4.